The predicted octanol–water partition coefficient (Wildman–Crippen LogP) is 2.06. The molecule has 0 amide bonds. The molecular formula is C20H21N5O3S. The fourth-order valence-electron chi connectivity index (χ4n) is 3.20. The molecule has 1 aliphatic heterocycles. The number of sulfonamides is 1. The van der Waals surface area contributed by atoms with Gasteiger partial charge in [0.1, 0.15) is 11.4 Å². The molecule has 0 aliphatic carbocycles. The third-order valence-corrected chi connectivity index (χ3v) is 6.75. The Kier molecular flexibility index (Phi) is 5.41. The van der Waals surface area contributed by atoms with Gasteiger partial charge in [-0.15, -0.1) is 10.2 Å². The normalized spacial score (nSPS) is 15.3. The topological polar surface area (TPSA) is 88.5 Å². The third kappa shape index (κ3) is 4.06. The molecule has 4 rings (SSSR count). The second kappa shape index (κ2) is 8.14. The van der Waals surface area contributed by atoms with Gasteiger partial charge in [-0.3, -0.25) is 4.98 Å². The van der Waals surface area contributed by atoms with Gasteiger partial charge in [0.15, 0.2) is 5.82 Å². The fraction of sp³-hybridized carbons (Fsp3) is 0.250. The van der Waals surface area contributed by atoms with E-state index in [0.29, 0.717) is 37.6 Å². The number of hydrogen-bond donors (Lipinski definition) is 0. The van der Waals surface area contributed by atoms with Gasteiger partial charge in [0.25, 0.3) is 0 Å². The molecule has 0 spiro atoms. The van der Waals surface area contributed by atoms with Crippen LogP contribution in [-0.4, -0.2) is 61.2 Å². The number of benzene rings is 1. The Hall–Kier alpha value is -3.04. The van der Waals surface area contributed by atoms with E-state index < -0.39 is 10.0 Å². The zero-order chi connectivity index (χ0) is 20.3. The number of ether oxygens (including phenoxy) is 1. The van der Waals surface area contributed by atoms with Gasteiger partial charge in [0.05, 0.1) is 17.7 Å². The van der Waals surface area contributed by atoms with Crippen LogP contribution >= 0.6 is 0 Å². The lowest BCUT2D eigenvalue weighted by Gasteiger charge is -2.34. The Labute approximate surface area is 169 Å². The molecule has 1 aromatic carbocycles. The molecule has 1 aliphatic rings. The van der Waals surface area contributed by atoms with Crippen LogP contribution in [0.1, 0.15) is 0 Å². The molecule has 1 fully saturated rings. The molecule has 29 heavy (non-hydrogen) atoms. The van der Waals surface area contributed by atoms with Crippen LogP contribution in [0.2, 0.25) is 0 Å². The minimum atomic E-state index is -3.53. The Bertz CT molecular complexity index is 1050. The molecule has 0 saturated carbocycles. The molecule has 0 unspecified atom stereocenters. The SMILES string of the molecule is COc1ccc(S(=O)(=O)N2CCN(c3ccc(-c4ccccn4)nn3)CC2)cc1. The van der Waals surface area contributed by atoms with Crippen LogP contribution in [0.3, 0.4) is 0 Å². The van der Waals surface area contributed by atoms with Crippen LogP contribution < -0.4 is 9.64 Å². The minimum Gasteiger partial charge on any atom is -0.497 e. The zero-order valence-electron chi connectivity index (χ0n) is 16.0. The summed E-state index contributed by atoms with van der Waals surface area (Å²) in [6, 6.07) is 15.9. The number of rotatable bonds is 5. The summed E-state index contributed by atoms with van der Waals surface area (Å²) >= 11 is 0. The van der Waals surface area contributed by atoms with Gasteiger partial charge < -0.3 is 9.64 Å². The average molecular weight is 411 g/mol. The summed E-state index contributed by atoms with van der Waals surface area (Å²) in [5.74, 6) is 1.35. The van der Waals surface area contributed by atoms with Gasteiger partial charge in [0, 0.05) is 32.4 Å². The molecule has 0 atom stereocenters. The maximum Gasteiger partial charge on any atom is 0.243 e. The lowest BCUT2D eigenvalue weighted by molar-refractivity contribution is 0.383. The highest BCUT2D eigenvalue weighted by molar-refractivity contribution is 7.89. The summed E-state index contributed by atoms with van der Waals surface area (Å²) in [6.45, 7) is 1.87. The van der Waals surface area contributed by atoms with E-state index in [2.05, 4.69) is 15.2 Å². The number of methoxy groups -OCH3 is 1. The van der Waals surface area contributed by atoms with Crippen LogP contribution in [0.5, 0.6) is 5.75 Å². The van der Waals surface area contributed by atoms with Crippen molar-refractivity contribution in [3.8, 4) is 17.1 Å². The number of hydrogen-bond acceptors (Lipinski definition) is 7. The molecule has 0 bridgehead atoms. The van der Waals surface area contributed by atoms with E-state index in [1.54, 1.807) is 37.6 Å². The lowest BCUT2D eigenvalue weighted by atomic mass is 10.2. The first-order valence-corrected chi connectivity index (χ1v) is 10.7. The molecular weight excluding hydrogens is 390 g/mol. The first kappa shape index (κ1) is 19.3. The molecule has 9 heteroatoms. The quantitative estimate of drug-likeness (QED) is 0.635. The molecule has 1 saturated heterocycles. The van der Waals surface area contributed by atoms with E-state index in [9.17, 15) is 8.42 Å². The smallest absolute Gasteiger partial charge is 0.243 e. The zero-order valence-corrected chi connectivity index (χ0v) is 16.8. The van der Waals surface area contributed by atoms with Crippen molar-refractivity contribution in [1.82, 2.24) is 19.5 Å². The van der Waals surface area contributed by atoms with Gasteiger partial charge in [-0.2, -0.15) is 4.31 Å². The van der Waals surface area contributed by atoms with Gasteiger partial charge in [-0.05, 0) is 48.5 Å². The van der Waals surface area contributed by atoms with Crippen molar-refractivity contribution in [2.24, 2.45) is 0 Å². The molecule has 3 heterocycles. The van der Waals surface area contributed by atoms with Gasteiger partial charge >= 0.3 is 0 Å². The maximum absolute atomic E-state index is 12.9. The number of pyridine rings is 1. The van der Waals surface area contributed by atoms with Crippen LogP contribution in [0.4, 0.5) is 5.82 Å². The van der Waals surface area contributed by atoms with Crippen molar-refractivity contribution in [2.45, 2.75) is 4.90 Å². The summed E-state index contributed by atoms with van der Waals surface area (Å²) in [5.41, 5.74) is 1.47. The first-order chi connectivity index (χ1) is 14.1. The number of anilines is 1. The summed E-state index contributed by atoms with van der Waals surface area (Å²) in [4.78, 5) is 6.58. The van der Waals surface area contributed by atoms with Crippen LogP contribution in [-0.2, 0) is 10.0 Å². The number of nitrogens with zero attached hydrogens (tertiary/aromatic N) is 5. The summed E-state index contributed by atoms with van der Waals surface area (Å²) in [5, 5.41) is 8.56. The Morgan fingerprint density at radius 3 is 2.21 bits per heavy atom. The lowest BCUT2D eigenvalue weighted by Crippen LogP contribution is -2.48. The molecule has 0 radical (unpaired) electrons. The Morgan fingerprint density at radius 2 is 1.62 bits per heavy atom. The molecule has 3 aromatic rings. The maximum atomic E-state index is 12.9. The average Bonchev–Trinajstić information content (AvgIpc) is 2.80. The van der Waals surface area contributed by atoms with Crippen molar-refractivity contribution < 1.29 is 13.2 Å². The third-order valence-electron chi connectivity index (χ3n) is 4.84. The summed E-state index contributed by atoms with van der Waals surface area (Å²) in [6.07, 6.45) is 1.72. The van der Waals surface area contributed by atoms with Crippen molar-refractivity contribution in [1.29, 1.82) is 0 Å². The van der Waals surface area contributed by atoms with Gasteiger partial charge in [-0.25, -0.2) is 8.42 Å². The highest BCUT2D eigenvalue weighted by atomic mass is 32.2. The summed E-state index contributed by atoms with van der Waals surface area (Å²) in [7, 11) is -1.98. The first-order valence-electron chi connectivity index (χ1n) is 9.22. The van der Waals surface area contributed by atoms with Crippen LogP contribution in [0.15, 0.2) is 65.7 Å². The van der Waals surface area contributed by atoms with Crippen molar-refractivity contribution in [2.75, 3.05) is 38.2 Å². The van der Waals surface area contributed by atoms with E-state index in [0.717, 1.165) is 11.5 Å². The summed E-state index contributed by atoms with van der Waals surface area (Å²) < 4.78 is 32.3. The van der Waals surface area contributed by atoms with E-state index >= 15 is 0 Å². The molecule has 8 nitrogen and oxygen atoms in total. The number of aromatic nitrogens is 3. The van der Waals surface area contributed by atoms with Crippen molar-refractivity contribution in [3.63, 3.8) is 0 Å². The van der Waals surface area contributed by atoms with Crippen molar-refractivity contribution >= 4 is 15.8 Å². The van der Waals surface area contributed by atoms with Crippen LogP contribution in [0, 0.1) is 0 Å². The highest BCUT2D eigenvalue weighted by Gasteiger charge is 2.29. The predicted molar refractivity (Wildman–Crippen MR) is 109 cm³/mol. The highest BCUT2D eigenvalue weighted by Crippen LogP contribution is 2.22. The van der Waals surface area contributed by atoms with E-state index in [-0.39, 0.29) is 4.90 Å². The monoisotopic (exact) mass is 411 g/mol. The molecule has 150 valence electrons. The van der Waals surface area contributed by atoms with Gasteiger partial charge in [-0.1, -0.05) is 6.07 Å². The standard InChI is InChI=1S/C20H21N5O3S/c1-28-16-5-7-17(8-6-16)29(26,27)25-14-12-24(13-15-25)20-10-9-19(22-23-20)18-4-2-3-11-21-18/h2-11H,12-15H2,1H3. The van der Waals surface area contributed by atoms with Gasteiger partial charge in [0.2, 0.25) is 10.0 Å². The second-order valence-corrected chi connectivity index (χ2v) is 8.50. The number of piperazine rings is 1. The minimum absolute atomic E-state index is 0.270. The molecule has 2 aromatic heterocycles. The fourth-order valence-corrected chi connectivity index (χ4v) is 4.62. The van der Waals surface area contributed by atoms with Crippen molar-refractivity contribution in [3.05, 3.63) is 60.8 Å². The Morgan fingerprint density at radius 1 is 0.862 bits per heavy atom. The van der Waals surface area contributed by atoms with E-state index in [1.165, 1.54) is 4.31 Å². The van der Waals surface area contributed by atoms with E-state index in [1.807, 2.05) is 35.2 Å². The molecule has 0 N–H and O–H groups in total. The van der Waals surface area contributed by atoms with Crippen LogP contribution in [0.25, 0.3) is 11.4 Å². The van der Waals surface area contributed by atoms with E-state index in [4.69, 9.17) is 4.74 Å². The Balaban J connectivity index is 1.42. The largest absolute Gasteiger partial charge is 0.497 e. The second-order valence-electron chi connectivity index (χ2n) is 6.56.